The third-order valence-electron chi connectivity index (χ3n) is 6.32. The molecule has 0 amide bonds. The number of allylic oxidation sites excluding steroid dienone is 2. The maximum Gasteiger partial charge on any atom is -1.00 e. The molecule has 2 unspecified atom stereocenters. The number of fused-ring (bicyclic) bond motifs is 3. The molecule has 27 heavy (non-hydrogen) atoms. The van der Waals surface area contributed by atoms with Crippen molar-refractivity contribution in [2.45, 2.75) is 47.3 Å². The first kappa shape index (κ1) is 21.1. The molecule has 0 saturated heterocycles. The van der Waals surface area contributed by atoms with Crippen LogP contribution in [0.25, 0.3) is 12.2 Å². The summed E-state index contributed by atoms with van der Waals surface area (Å²) in [6, 6.07) is 9.90. The second kappa shape index (κ2) is 8.02. The molecular formula is C24H24Cl2Zr. The van der Waals surface area contributed by atoms with Crippen LogP contribution in [0.1, 0.15) is 64.6 Å². The van der Waals surface area contributed by atoms with Crippen LogP contribution in [-0.2, 0) is 29.7 Å². The van der Waals surface area contributed by atoms with Gasteiger partial charge in [-0.2, -0.15) is 0 Å². The van der Waals surface area contributed by atoms with E-state index in [1.807, 2.05) is 0 Å². The van der Waals surface area contributed by atoms with Crippen molar-refractivity contribution in [1.29, 1.82) is 0 Å². The molecule has 0 N–H and O–H groups in total. The second-order valence-corrected chi connectivity index (χ2v) is 11.7. The Balaban J connectivity index is 0.00000105. The Labute approximate surface area is 186 Å². The quantitative estimate of drug-likeness (QED) is 0.586. The van der Waals surface area contributed by atoms with E-state index in [9.17, 15) is 0 Å². The monoisotopic (exact) mass is 472 g/mol. The van der Waals surface area contributed by atoms with Gasteiger partial charge in [-0.15, -0.1) is 0 Å². The fourth-order valence-corrected chi connectivity index (χ4v) is 9.31. The number of hydrogen-bond acceptors (Lipinski definition) is 0. The maximum absolute atomic E-state index is 2.57. The van der Waals surface area contributed by atoms with Gasteiger partial charge in [0.2, 0.25) is 0 Å². The minimum absolute atomic E-state index is 0. The van der Waals surface area contributed by atoms with E-state index in [2.05, 4.69) is 63.3 Å². The Morgan fingerprint density at radius 2 is 1.56 bits per heavy atom. The van der Waals surface area contributed by atoms with Gasteiger partial charge in [-0.25, -0.2) is 0 Å². The molecular weight excluding hydrogens is 450 g/mol. The van der Waals surface area contributed by atoms with E-state index < -0.39 is 23.2 Å². The average molecular weight is 475 g/mol. The van der Waals surface area contributed by atoms with Crippen LogP contribution in [0.2, 0.25) is 0 Å². The van der Waals surface area contributed by atoms with Crippen LogP contribution in [-0.4, -0.2) is 0 Å². The largest absolute Gasteiger partial charge is 1.00 e. The van der Waals surface area contributed by atoms with Gasteiger partial charge in [-0.3, -0.25) is 0 Å². The van der Waals surface area contributed by atoms with E-state index in [1.165, 1.54) is 47.1 Å². The SMILES string of the molecule is Cc1cc2c(cc1C)[CH]([Zr+2][CH]1C3=Cc4cc(C)c(cc41)CCC3)C=C2.[Cl-].[Cl-]. The first-order chi connectivity index (χ1) is 12.1. The molecule has 3 aliphatic rings. The van der Waals surface area contributed by atoms with Crippen molar-refractivity contribution in [3.8, 4) is 0 Å². The summed E-state index contributed by atoms with van der Waals surface area (Å²) in [6.45, 7) is 6.79. The van der Waals surface area contributed by atoms with Crippen molar-refractivity contribution < 1.29 is 48.0 Å². The Bertz CT molecular complexity index is 955. The third kappa shape index (κ3) is 3.57. The van der Waals surface area contributed by atoms with Crippen molar-refractivity contribution in [2.75, 3.05) is 0 Å². The van der Waals surface area contributed by atoms with Gasteiger partial charge in [-0.05, 0) is 0 Å². The van der Waals surface area contributed by atoms with Gasteiger partial charge in [0, 0.05) is 0 Å². The molecule has 2 aromatic rings. The van der Waals surface area contributed by atoms with Crippen LogP contribution in [0.3, 0.4) is 0 Å². The zero-order valence-corrected chi connectivity index (χ0v) is 20.0. The predicted molar refractivity (Wildman–Crippen MR) is 103 cm³/mol. The number of aryl methyl sites for hydroxylation is 4. The number of halogens is 2. The molecule has 3 heteroatoms. The Kier molecular flexibility index (Phi) is 6.27. The molecule has 3 aliphatic carbocycles. The topological polar surface area (TPSA) is 0 Å². The third-order valence-corrected chi connectivity index (χ3v) is 10.9. The zero-order chi connectivity index (χ0) is 17.1. The molecule has 0 fully saturated rings. The summed E-state index contributed by atoms with van der Waals surface area (Å²) in [5.74, 6) is 0. The number of rotatable bonds is 2. The maximum atomic E-state index is 2.57. The predicted octanol–water partition coefficient (Wildman–Crippen LogP) is 0.245. The summed E-state index contributed by atoms with van der Waals surface area (Å²) < 4.78 is 1.53. The molecule has 0 spiro atoms. The molecule has 0 heterocycles. The van der Waals surface area contributed by atoms with E-state index in [0.29, 0.717) is 0 Å². The van der Waals surface area contributed by atoms with E-state index in [4.69, 9.17) is 0 Å². The Morgan fingerprint density at radius 1 is 0.815 bits per heavy atom. The first-order valence-corrected chi connectivity index (χ1v) is 12.3. The molecule has 3 bridgehead atoms. The van der Waals surface area contributed by atoms with Crippen molar-refractivity contribution in [3.05, 3.63) is 80.4 Å². The van der Waals surface area contributed by atoms with Gasteiger partial charge in [0.15, 0.2) is 0 Å². The van der Waals surface area contributed by atoms with Gasteiger partial charge in [0.1, 0.15) is 0 Å². The van der Waals surface area contributed by atoms with E-state index in [-0.39, 0.29) is 24.8 Å². The van der Waals surface area contributed by atoms with Crippen molar-refractivity contribution in [2.24, 2.45) is 0 Å². The fraction of sp³-hybridized carbons (Fsp3) is 0.333. The van der Waals surface area contributed by atoms with Crippen LogP contribution in [0.15, 0.2) is 35.9 Å². The molecule has 0 aliphatic heterocycles. The summed E-state index contributed by atoms with van der Waals surface area (Å²) in [5, 5.41) is 0. The summed E-state index contributed by atoms with van der Waals surface area (Å²) in [6.07, 6.45) is 11.4. The summed E-state index contributed by atoms with van der Waals surface area (Å²) in [5.41, 5.74) is 14.0. The first-order valence-electron chi connectivity index (χ1n) is 9.49. The molecule has 0 saturated carbocycles. The van der Waals surface area contributed by atoms with Gasteiger partial charge >= 0.3 is 163 Å². The van der Waals surface area contributed by atoms with Crippen LogP contribution >= 0.6 is 0 Å². The standard InChI is InChI=1S/C13H13.C11H11.2ClH.Zr/c1-9-5-12-6-10-3-2-4-11(9)8-13(12)7-10;1-8-6-10-4-3-5-11(10)7-9(8)2;;;/h5-8H,2-4H2,1H3;3-7H,1-2H3;2*1H;/q;;;;+2/p-2. The zero-order valence-electron chi connectivity index (χ0n) is 16.1. The molecule has 138 valence electrons. The van der Waals surface area contributed by atoms with E-state index in [0.717, 1.165) is 7.25 Å². The molecule has 0 aromatic heterocycles. The van der Waals surface area contributed by atoms with Crippen LogP contribution in [0, 0.1) is 20.8 Å². The van der Waals surface area contributed by atoms with Crippen LogP contribution in [0.5, 0.6) is 0 Å². The van der Waals surface area contributed by atoms with E-state index >= 15 is 0 Å². The molecule has 0 radical (unpaired) electrons. The molecule has 2 aromatic carbocycles. The van der Waals surface area contributed by atoms with Crippen molar-refractivity contribution >= 4 is 12.2 Å². The van der Waals surface area contributed by atoms with Crippen LogP contribution < -0.4 is 24.8 Å². The minimum Gasteiger partial charge on any atom is -1.00 e. The summed E-state index contributed by atoms with van der Waals surface area (Å²) in [7, 11) is 0. The van der Waals surface area contributed by atoms with Crippen molar-refractivity contribution in [3.63, 3.8) is 0 Å². The molecule has 0 nitrogen and oxygen atoms in total. The fourth-order valence-electron chi connectivity index (χ4n) is 4.72. The number of benzene rings is 2. The normalized spacial score (nSPS) is 20.8. The summed E-state index contributed by atoms with van der Waals surface area (Å²) in [4.78, 5) is 0. The number of hydrogen-bond donors (Lipinski definition) is 0. The van der Waals surface area contributed by atoms with E-state index in [1.54, 1.807) is 22.3 Å². The van der Waals surface area contributed by atoms with Gasteiger partial charge in [0.05, 0.1) is 0 Å². The second-order valence-electron chi connectivity index (χ2n) is 7.98. The van der Waals surface area contributed by atoms with Crippen molar-refractivity contribution in [1.82, 2.24) is 0 Å². The Hall–Kier alpha value is -0.617. The summed E-state index contributed by atoms with van der Waals surface area (Å²) >= 11 is -0.630. The minimum atomic E-state index is -0.630. The average Bonchev–Trinajstić information content (AvgIpc) is 3.13. The smallest absolute Gasteiger partial charge is 1.00 e. The van der Waals surface area contributed by atoms with Gasteiger partial charge < -0.3 is 24.8 Å². The van der Waals surface area contributed by atoms with Gasteiger partial charge in [0.25, 0.3) is 0 Å². The Morgan fingerprint density at radius 3 is 2.37 bits per heavy atom. The van der Waals surface area contributed by atoms with Crippen LogP contribution in [0.4, 0.5) is 0 Å². The molecule has 2 atom stereocenters. The van der Waals surface area contributed by atoms with Gasteiger partial charge in [-0.1, -0.05) is 0 Å². The molecule has 5 rings (SSSR count).